The number of rotatable bonds is 2. The lowest BCUT2D eigenvalue weighted by molar-refractivity contribution is 0.0447. The first-order valence-corrected chi connectivity index (χ1v) is 5.79. The molecule has 1 saturated heterocycles. The smallest absolute Gasteiger partial charge is 0.148 e. The molecule has 0 saturated carbocycles. The highest BCUT2D eigenvalue weighted by Crippen LogP contribution is 2.28. The van der Waals surface area contributed by atoms with Gasteiger partial charge in [0.2, 0.25) is 0 Å². The normalized spacial score (nSPS) is 24.8. The Bertz CT molecular complexity index is 407. The number of hydrogen-bond acceptors (Lipinski definition) is 6. The maximum absolute atomic E-state index is 10.1. The van der Waals surface area contributed by atoms with E-state index in [2.05, 4.69) is 20.3 Å². The van der Waals surface area contributed by atoms with Crippen molar-refractivity contribution in [2.45, 2.75) is 32.3 Å². The minimum absolute atomic E-state index is 0.592. The lowest BCUT2D eigenvalue weighted by Crippen LogP contribution is -2.46. The van der Waals surface area contributed by atoms with E-state index in [0.717, 1.165) is 30.8 Å². The van der Waals surface area contributed by atoms with E-state index in [1.807, 2.05) is 13.8 Å². The lowest BCUT2D eigenvalue weighted by atomic mass is 9.95. The van der Waals surface area contributed by atoms with Crippen LogP contribution in [0.15, 0.2) is 6.33 Å². The minimum atomic E-state index is -0.647. The van der Waals surface area contributed by atoms with Crippen molar-refractivity contribution in [3.05, 3.63) is 11.9 Å². The van der Waals surface area contributed by atoms with Gasteiger partial charge in [-0.2, -0.15) is 0 Å². The first kappa shape index (κ1) is 12.1. The van der Waals surface area contributed by atoms with E-state index in [1.165, 1.54) is 6.33 Å². The molecular weight excluding hydrogens is 218 g/mol. The van der Waals surface area contributed by atoms with Crippen LogP contribution >= 0.6 is 0 Å². The third-order valence-corrected chi connectivity index (χ3v) is 3.17. The number of aliphatic hydroxyl groups is 1. The summed E-state index contributed by atoms with van der Waals surface area (Å²) in [6.45, 7) is 5.28. The Hall–Kier alpha value is -1.40. The monoisotopic (exact) mass is 237 g/mol. The molecule has 4 N–H and O–H groups in total. The average Bonchev–Trinajstić information content (AvgIpc) is 2.28. The van der Waals surface area contributed by atoms with Gasteiger partial charge in [0, 0.05) is 18.7 Å². The van der Waals surface area contributed by atoms with Crippen LogP contribution in [-0.2, 0) is 0 Å². The Kier molecular flexibility index (Phi) is 3.17. The number of nitrogens with one attached hydrogen (secondary N) is 1. The summed E-state index contributed by atoms with van der Waals surface area (Å²) in [7, 11) is 0. The fourth-order valence-corrected chi connectivity index (χ4v) is 2.31. The molecule has 1 aliphatic heterocycles. The quantitative estimate of drug-likeness (QED) is 0.510. The molecule has 0 amide bonds. The van der Waals surface area contributed by atoms with Gasteiger partial charge in [-0.1, -0.05) is 0 Å². The first-order chi connectivity index (χ1) is 8.03. The van der Waals surface area contributed by atoms with Gasteiger partial charge < -0.3 is 15.4 Å². The van der Waals surface area contributed by atoms with E-state index in [4.69, 9.17) is 5.84 Å². The highest BCUT2D eigenvalue weighted by atomic mass is 16.3. The molecule has 1 aromatic heterocycles. The minimum Gasteiger partial charge on any atom is -0.388 e. The topological polar surface area (TPSA) is 87.3 Å². The van der Waals surface area contributed by atoms with Gasteiger partial charge in [0.05, 0.1) is 5.60 Å². The Labute approximate surface area is 101 Å². The van der Waals surface area contributed by atoms with Crippen molar-refractivity contribution in [1.82, 2.24) is 9.97 Å². The van der Waals surface area contributed by atoms with E-state index >= 15 is 0 Å². The molecular formula is C11H19N5O. The Morgan fingerprint density at radius 2 is 2.29 bits per heavy atom. The highest BCUT2D eigenvalue weighted by Gasteiger charge is 2.30. The van der Waals surface area contributed by atoms with Crippen molar-refractivity contribution in [3.8, 4) is 0 Å². The van der Waals surface area contributed by atoms with Crippen LogP contribution in [-0.4, -0.2) is 33.8 Å². The largest absolute Gasteiger partial charge is 0.388 e. The summed E-state index contributed by atoms with van der Waals surface area (Å²) in [6.07, 6.45) is 3.28. The summed E-state index contributed by atoms with van der Waals surface area (Å²) in [5, 5.41) is 10.1. The number of nitrogens with zero attached hydrogens (tertiary/aromatic N) is 3. The van der Waals surface area contributed by atoms with E-state index in [9.17, 15) is 5.11 Å². The molecule has 2 heterocycles. The molecule has 17 heavy (non-hydrogen) atoms. The predicted octanol–water partition coefficient (Wildman–Crippen LogP) is 0.422. The van der Waals surface area contributed by atoms with Crippen molar-refractivity contribution < 1.29 is 5.11 Å². The third kappa shape index (κ3) is 2.48. The summed E-state index contributed by atoms with van der Waals surface area (Å²) in [5.74, 6) is 6.86. The van der Waals surface area contributed by atoms with Gasteiger partial charge in [0.15, 0.2) is 0 Å². The molecule has 2 rings (SSSR count). The van der Waals surface area contributed by atoms with Crippen molar-refractivity contribution >= 4 is 11.6 Å². The number of aromatic nitrogens is 2. The fraction of sp³-hybridized carbons (Fsp3) is 0.636. The highest BCUT2D eigenvalue weighted by molar-refractivity contribution is 5.57. The van der Waals surface area contributed by atoms with E-state index in [0.29, 0.717) is 12.4 Å². The van der Waals surface area contributed by atoms with Gasteiger partial charge in [0.25, 0.3) is 0 Å². The standard InChI is InChI=1S/C11H19N5O/c1-8-9(15-12)13-7-14-10(8)16-5-3-4-11(2,17)6-16/h7,17H,3-6,12H2,1-2H3,(H,13,14,15). The average molecular weight is 237 g/mol. The molecule has 1 unspecified atom stereocenters. The van der Waals surface area contributed by atoms with Crippen molar-refractivity contribution in [2.75, 3.05) is 23.4 Å². The van der Waals surface area contributed by atoms with Crippen LogP contribution in [0.3, 0.4) is 0 Å². The summed E-state index contributed by atoms with van der Waals surface area (Å²) < 4.78 is 0. The van der Waals surface area contributed by atoms with E-state index < -0.39 is 5.60 Å². The molecule has 0 radical (unpaired) electrons. The Morgan fingerprint density at radius 1 is 1.53 bits per heavy atom. The van der Waals surface area contributed by atoms with Crippen molar-refractivity contribution in [1.29, 1.82) is 0 Å². The molecule has 0 bridgehead atoms. The Morgan fingerprint density at radius 3 is 2.94 bits per heavy atom. The molecule has 0 aromatic carbocycles. The number of piperidine rings is 1. The number of hydrogen-bond donors (Lipinski definition) is 3. The zero-order chi connectivity index (χ0) is 12.5. The van der Waals surface area contributed by atoms with Crippen molar-refractivity contribution in [3.63, 3.8) is 0 Å². The lowest BCUT2D eigenvalue weighted by Gasteiger charge is -2.38. The molecule has 0 aliphatic carbocycles. The summed E-state index contributed by atoms with van der Waals surface area (Å²) in [6, 6.07) is 0. The molecule has 0 spiro atoms. The van der Waals surface area contributed by atoms with Crippen LogP contribution in [0, 0.1) is 6.92 Å². The second-order valence-corrected chi connectivity index (χ2v) is 4.84. The first-order valence-electron chi connectivity index (χ1n) is 5.79. The molecule has 6 heteroatoms. The van der Waals surface area contributed by atoms with Gasteiger partial charge in [-0.05, 0) is 26.7 Å². The van der Waals surface area contributed by atoms with Crippen LogP contribution in [0.1, 0.15) is 25.3 Å². The van der Waals surface area contributed by atoms with Crippen LogP contribution in [0.25, 0.3) is 0 Å². The zero-order valence-electron chi connectivity index (χ0n) is 10.3. The molecule has 6 nitrogen and oxygen atoms in total. The maximum atomic E-state index is 10.1. The van der Waals surface area contributed by atoms with Crippen LogP contribution in [0.2, 0.25) is 0 Å². The second kappa shape index (κ2) is 4.46. The third-order valence-electron chi connectivity index (χ3n) is 3.17. The summed E-state index contributed by atoms with van der Waals surface area (Å²) in [5.41, 5.74) is 2.82. The molecule has 1 atom stereocenters. The summed E-state index contributed by atoms with van der Waals surface area (Å²) >= 11 is 0. The number of hydrazine groups is 1. The molecule has 1 fully saturated rings. The van der Waals surface area contributed by atoms with Gasteiger partial charge in [-0.3, -0.25) is 0 Å². The number of anilines is 2. The summed E-state index contributed by atoms with van der Waals surface area (Å²) in [4.78, 5) is 10.4. The molecule has 1 aromatic rings. The zero-order valence-corrected chi connectivity index (χ0v) is 10.3. The molecule has 1 aliphatic rings. The predicted molar refractivity (Wildman–Crippen MR) is 66.6 cm³/mol. The molecule has 94 valence electrons. The van der Waals surface area contributed by atoms with Crippen LogP contribution < -0.4 is 16.2 Å². The van der Waals surface area contributed by atoms with Crippen LogP contribution in [0.5, 0.6) is 0 Å². The second-order valence-electron chi connectivity index (χ2n) is 4.84. The van der Waals surface area contributed by atoms with Crippen molar-refractivity contribution in [2.24, 2.45) is 5.84 Å². The SMILES string of the molecule is Cc1c(NN)ncnc1N1CCCC(C)(O)C1. The maximum Gasteiger partial charge on any atom is 0.148 e. The number of β-amino-alcohol motifs (C(OH)–C–C–N with tert-alkyl or cyclic N) is 1. The fourth-order valence-electron chi connectivity index (χ4n) is 2.31. The van der Waals surface area contributed by atoms with E-state index in [1.54, 1.807) is 0 Å². The number of nitrogen functional groups attached to an aromatic ring is 1. The van der Waals surface area contributed by atoms with Gasteiger partial charge in [-0.15, -0.1) is 0 Å². The van der Waals surface area contributed by atoms with Gasteiger partial charge in [0.1, 0.15) is 18.0 Å². The van der Waals surface area contributed by atoms with Crippen LogP contribution in [0.4, 0.5) is 11.6 Å². The number of nitrogens with two attached hydrogens (primary N) is 1. The van der Waals surface area contributed by atoms with E-state index in [-0.39, 0.29) is 0 Å². The van der Waals surface area contributed by atoms with Gasteiger partial charge >= 0.3 is 0 Å². The van der Waals surface area contributed by atoms with Gasteiger partial charge in [-0.25, -0.2) is 15.8 Å². The Balaban J connectivity index is 2.28.